The third-order valence-corrected chi connectivity index (χ3v) is 4.28. The smallest absolute Gasteiger partial charge is 0.534 e. The molecule has 2 aliphatic rings. The molecule has 0 aromatic heterocycles. The van der Waals surface area contributed by atoms with E-state index in [0.29, 0.717) is 18.5 Å². The lowest BCUT2D eigenvalue weighted by molar-refractivity contribution is -0.133. The van der Waals surface area contributed by atoms with Gasteiger partial charge in [0.25, 0.3) is 0 Å². The van der Waals surface area contributed by atoms with Crippen molar-refractivity contribution in [1.82, 2.24) is 10.2 Å². The zero-order valence-corrected chi connectivity index (χ0v) is 13.0. The van der Waals surface area contributed by atoms with E-state index in [0.717, 1.165) is 6.42 Å². The Morgan fingerprint density at radius 2 is 2.25 bits per heavy atom. The summed E-state index contributed by atoms with van der Waals surface area (Å²) in [7, 11) is -1.31. The molecule has 1 saturated heterocycles. The average Bonchev–Trinajstić information content (AvgIpc) is 2.92. The maximum atomic E-state index is 12.1. The van der Waals surface area contributed by atoms with E-state index >= 15 is 0 Å². The van der Waals surface area contributed by atoms with Gasteiger partial charge in [0, 0.05) is 18.5 Å². The van der Waals surface area contributed by atoms with Crippen molar-refractivity contribution in [2.45, 2.75) is 31.5 Å². The second kappa shape index (κ2) is 6.80. The van der Waals surface area contributed by atoms with E-state index in [1.165, 1.54) is 11.0 Å². The molecule has 2 heterocycles. The Morgan fingerprint density at radius 3 is 2.92 bits per heavy atom. The normalized spacial score (nSPS) is 20.2. The van der Waals surface area contributed by atoms with Crippen molar-refractivity contribution < 1.29 is 29.5 Å². The van der Waals surface area contributed by atoms with Gasteiger partial charge in [0.1, 0.15) is 5.75 Å². The van der Waals surface area contributed by atoms with Crippen LogP contribution in [0.3, 0.4) is 0 Å². The van der Waals surface area contributed by atoms with E-state index in [4.69, 9.17) is 4.65 Å². The van der Waals surface area contributed by atoms with Gasteiger partial charge in [-0.1, -0.05) is 18.2 Å². The maximum Gasteiger partial charge on any atom is 0.547 e. The Balaban J connectivity index is 1.67. The minimum Gasteiger partial charge on any atom is -0.534 e. The van der Waals surface area contributed by atoms with Crippen molar-refractivity contribution in [3.05, 3.63) is 29.3 Å². The van der Waals surface area contributed by atoms with Crippen LogP contribution in [0.2, 0.25) is 0 Å². The summed E-state index contributed by atoms with van der Waals surface area (Å²) in [6.45, 7) is 0.529. The van der Waals surface area contributed by atoms with E-state index in [1.54, 1.807) is 12.1 Å². The molecule has 1 aromatic rings. The number of benzene rings is 1. The minimum absolute atomic E-state index is 0.0374. The Bertz CT molecular complexity index is 653. The Labute approximate surface area is 139 Å². The quantitative estimate of drug-likeness (QED) is 0.403. The molecular formula is C15H19BN2O6. The lowest BCUT2D eigenvalue weighted by Gasteiger charge is -2.30. The molecule has 0 bridgehead atoms. The van der Waals surface area contributed by atoms with E-state index in [9.17, 15) is 24.8 Å². The highest BCUT2D eigenvalue weighted by Gasteiger charge is 2.37. The van der Waals surface area contributed by atoms with Crippen LogP contribution in [0.4, 0.5) is 0 Å². The molecule has 2 aliphatic heterocycles. The van der Waals surface area contributed by atoms with Gasteiger partial charge in [0.2, 0.25) is 11.8 Å². The minimum atomic E-state index is -1.71. The molecule has 0 spiro atoms. The molecule has 0 saturated carbocycles. The summed E-state index contributed by atoms with van der Waals surface area (Å²) in [4.78, 5) is 25.1. The molecule has 0 radical (unpaired) electrons. The van der Waals surface area contributed by atoms with Crippen LogP contribution in [0, 0.1) is 0 Å². The van der Waals surface area contributed by atoms with Crippen LogP contribution in [-0.4, -0.2) is 58.1 Å². The fourth-order valence-electron chi connectivity index (χ4n) is 3.07. The fourth-order valence-corrected chi connectivity index (χ4v) is 3.07. The number of aliphatic hydroxyl groups is 2. The summed E-state index contributed by atoms with van der Waals surface area (Å²) >= 11 is 0. The number of carbonyl (C=O) groups is 2. The monoisotopic (exact) mass is 334 g/mol. The first-order valence-electron chi connectivity index (χ1n) is 7.85. The van der Waals surface area contributed by atoms with Gasteiger partial charge < -0.3 is 30.1 Å². The standard InChI is InChI=1S/C15H19BN2O6/c19-12(8-18-6-2-5-13(18)20)17-11-7-9-3-1-4-10(15(21)22)14(9)24-16(11)23/h1,3-4,11,15,21-23H,2,5-8H2,(H,17,19)/t11-/m0/s1. The number of nitrogens with one attached hydrogen (secondary N) is 1. The topological polar surface area (TPSA) is 119 Å². The fraction of sp³-hybridized carbons (Fsp3) is 0.467. The number of amides is 2. The average molecular weight is 334 g/mol. The molecule has 8 nitrogen and oxygen atoms in total. The van der Waals surface area contributed by atoms with Crippen LogP contribution in [0.1, 0.15) is 30.3 Å². The maximum absolute atomic E-state index is 12.1. The molecule has 1 aromatic carbocycles. The molecule has 1 atom stereocenters. The number of likely N-dealkylation sites (tertiary alicyclic amines) is 1. The largest absolute Gasteiger partial charge is 0.547 e. The number of para-hydroxylation sites is 1. The predicted octanol–water partition coefficient (Wildman–Crippen LogP) is -1.27. The zero-order valence-electron chi connectivity index (χ0n) is 13.0. The van der Waals surface area contributed by atoms with Crippen LogP contribution in [0.25, 0.3) is 0 Å². The van der Waals surface area contributed by atoms with Gasteiger partial charge in [-0.2, -0.15) is 0 Å². The molecule has 24 heavy (non-hydrogen) atoms. The molecular weight excluding hydrogens is 315 g/mol. The number of rotatable bonds is 4. The second-order valence-corrected chi connectivity index (χ2v) is 6.01. The summed E-state index contributed by atoms with van der Waals surface area (Å²) in [6.07, 6.45) is -0.209. The highest BCUT2D eigenvalue weighted by molar-refractivity contribution is 6.46. The van der Waals surface area contributed by atoms with Crippen molar-refractivity contribution in [2.24, 2.45) is 0 Å². The van der Waals surface area contributed by atoms with Crippen molar-refractivity contribution >= 4 is 18.9 Å². The molecule has 3 rings (SSSR count). The van der Waals surface area contributed by atoms with Crippen molar-refractivity contribution in [3.8, 4) is 5.75 Å². The number of nitrogens with zero attached hydrogens (tertiary/aromatic N) is 1. The van der Waals surface area contributed by atoms with Gasteiger partial charge >= 0.3 is 7.12 Å². The van der Waals surface area contributed by atoms with Gasteiger partial charge in [-0.25, -0.2) is 0 Å². The van der Waals surface area contributed by atoms with E-state index in [-0.39, 0.29) is 36.1 Å². The Kier molecular flexibility index (Phi) is 4.75. The van der Waals surface area contributed by atoms with Gasteiger partial charge in [-0.15, -0.1) is 0 Å². The molecule has 0 unspecified atom stereocenters. The number of hydrogen-bond acceptors (Lipinski definition) is 6. The second-order valence-electron chi connectivity index (χ2n) is 6.01. The number of carbonyl (C=O) groups excluding carboxylic acids is 2. The molecule has 2 amide bonds. The predicted molar refractivity (Wildman–Crippen MR) is 83.7 cm³/mol. The zero-order chi connectivity index (χ0) is 17.3. The first-order valence-corrected chi connectivity index (χ1v) is 7.85. The number of fused-ring (bicyclic) bond motifs is 1. The summed E-state index contributed by atoms with van der Waals surface area (Å²) in [6, 6.07) is 4.88. The van der Waals surface area contributed by atoms with Crippen LogP contribution >= 0.6 is 0 Å². The van der Waals surface area contributed by atoms with E-state index < -0.39 is 19.3 Å². The van der Waals surface area contributed by atoms with E-state index in [2.05, 4.69) is 5.32 Å². The molecule has 0 aliphatic carbocycles. The van der Waals surface area contributed by atoms with Gasteiger partial charge in [-0.3, -0.25) is 9.59 Å². The summed E-state index contributed by atoms with van der Waals surface area (Å²) in [5.74, 6) is -0.855. The van der Waals surface area contributed by atoms with E-state index in [1.807, 2.05) is 0 Å². The van der Waals surface area contributed by atoms with Crippen molar-refractivity contribution in [3.63, 3.8) is 0 Å². The molecule has 128 valence electrons. The highest BCUT2D eigenvalue weighted by atomic mass is 16.5. The van der Waals surface area contributed by atoms with Gasteiger partial charge in [0.15, 0.2) is 6.29 Å². The number of hydrogen-bond donors (Lipinski definition) is 4. The van der Waals surface area contributed by atoms with Crippen LogP contribution in [-0.2, 0) is 16.0 Å². The SMILES string of the molecule is O=C(CN1CCCC1=O)N[C@H]1Cc2cccc(C(O)O)c2OB1O. The third-order valence-electron chi connectivity index (χ3n) is 4.28. The summed E-state index contributed by atoms with van der Waals surface area (Å²) < 4.78 is 5.37. The van der Waals surface area contributed by atoms with Gasteiger partial charge in [-0.05, 0) is 18.4 Å². The van der Waals surface area contributed by atoms with Crippen LogP contribution < -0.4 is 9.97 Å². The molecule has 4 N–H and O–H groups in total. The lowest BCUT2D eigenvalue weighted by Crippen LogP contribution is -2.55. The van der Waals surface area contributed by atoms with Crippen LogP contribution in [0.5, 0.6) is 5.75 Å². The first kappa shape index (κ1) is 16.8. The van der Waals surface area contributed by atoms with Gasteiger partial charge in [0.05, 0.1) is 12.5 Å². The summed E-state index contributed by atoms with van der Waals surface area (Å²) in [5.41, 5.74) is 0.826. The molecule has 1 fully saturated rings. The Morgan fingerprint density at radius 1 is 1.46 bits per heavy atom. The lowest BCUT2D eigenvalue weighted by atomic mass is 9.72. The first-order chi connectivity index (χ1) is 11.5. The third kappa shape index (κ3) is 3.38. The highest BCUT2D eigenvalue weighted by Crippen LogP contribution is 2.32. The van der Waals surface area contributed by atoms with Crippen LogP contribution in [0.15, 0.2) is 18.2 Å². The Hall–Kier alpha value is -2.10. The number of aliphatic hydroxyl groups excluding tert-OH is 1. The van der Waals surface area contributed by atoms with Crippen molar-refractivity contribution in [2.75, 3.05) is 13.1 Å². The molecule has 9 heteroatoms. The summed E-state index contributed by atoms with van der Waals surface area (Å²) in [5, 5.41) is 31.5. The van der Waals surface area contributed by atoms with Crippen molar-refractivity contribution in [1.29, 1.82) is 0 Å².